The number of pyridine rings is 1. The molecule has 1 aromatic heterocycles. The molecule has 0 amide bonds. The Hall–Kier alpha value is -1.58. The fraction of sp³-hybridized carbons (Fsp3) is 0.333. The zero-order chi connectivity index (χ0) is 9.84. The van der Waals surface area contributed by atoms with Crippen molar-refractivity contribution in [1.82, 2.24) is 4.98 Å². The number of aryl methyl sites for hydroxylation is 1. The van der Waals surface area contributed by atoms with Gasteiger partial charge < -0.3 is 9.84 Å². The Morgan fingerprint density at radius 2 is 2.31 bits per heavy atom. The molecule has 0 aliphatic carbocycles. The molecular formula is C9H11NO3. The van der Waals surface area contributed by atoms with Gasteiger partial charge in [0.1, 0.15) is 5.75 Å². The highest BCUT2D eigenvalue weighted by molar-refractivity contribution is 5.73. The van der Waals surface area contributed by atoms with Crippen molar-refractivity contribution in [2.75, 3.05) is 7.11 Å². The molecule has 1 N–H and O–H groups in total. The van der Waals surface area contributed by atoms with Gasteiger partial charge in [0.05, 0.1) is 19.7 Å². The lowest BCUT2D eigenvalue weighted by atomic mass is 10.1. The number of rotatable bonds is 2. The van der Waals surface area contributed by atoms with E-state index in [1.165, 1.54) is 13.3 Å². The van der Waals surface area contributed by atoms with Crippen LogP contribution in [0, 0.1) is 6.92 Å². The number of ether oxygens (including phenoxy) is 1. The number of methoxy groups -OCH3 is 1. The number of hydrogen-bond donors (Lipinski definition) is 1. The van der Waals surface area contributed by atoms with Gasteiger partial charge in [-0.15, -0.1) is 0 Å². The van der Waals surface area contributed by atoms with E-state index in [9.17, 15) is 9.90 Å². The third-order valence-electron chi connectivity index (χ3n) is 1.80. The van der Waals surface area contributed by atoms with Crippen molar-refractivity contribution in [2.24, 2.45) is 0 Å². The zero-order valence-corrected chi connectivity index (χ0v) is 7.57. The van der Waals surface area contributed by atoms with Gasteiger partial charge in [-0.25, -0.2) is 0 Å². The fourth-order valence-electron chi connectivity index (χ4n) is 1.02. The van der Waals surface area contributed by atoms with Crippen LogP contribution < -0.4 is 0 Å². The summed E-state index contributed by atoms with van der Waals surface area (Å²) in [5.41, 5.74) is 1.35. The summed E-state index contributed by atoms with van der Waals surface area (Å²) >= 11 is 0. The van der Waals surface area contributed by atoms with Crippen LogP contribution in [0.15, 0.2) is 12.4 Å². The SMILES string of the molecule is COC(=O)Cc1c(C)cncc1O. The number of carbonyl (C=O) groups excluding carboxylic acids is 1. The largest absolute Gasteiger partial charge is 0.506 e. The molecule has 1 rings (SSSR count). The molecule has 0 saturated heterocycles. The molecule has 0 bridgehead atoms. The van der Waals surface area contributed by atoms with Crippen molar-refractivity contribution in [3.05, 3.63) is 23.5 Å². The highest BCUT2D eigenvalue weighted by Crippen LogP contribution is 2.19. The molecule has 4 heteroatoms. The molecule has 0 radical (unpaired) electrons. The standard InChI is InChI=1S/C9H11NO3/c1-6-4-10-5-8(11)7(6)3-9(12)13-2/h4-5,11H,3H2,1-2H3. The van der Waals surface area contributed by atoms with E-state index in [4.69, 9.17) is 0 Å². The molecule has 13 heavy (non-hydrogen) atoms. The summed E-state index contributed by atoms with van der Waals surface area (Å²) < 4.78 is 4.49. The first-order valence-electron chi connectivity index (χ1n) is 3.84. The summed E-state index contributed by atoms with van der Waals surface area (Å²) in [5, 5.41) is 9.37. The third kappa shape index (κ3) is 2.18. The molecular weight excluding hydrogens is 170 g/mol. The minimum absolute atomic E-state index is 0.0328. The average molecular weight is 181 g/mol. The summed E-state index contributed by atoms with van der Waals surface area (Å²) in [6.45, 7) is 1.78. The molecule has 0 atom stereocenters. The van der Waals surface area contributed by atoms with Crippen LogP contribution >= 0.6 is 0 Å². The van der Waals surface area contributed by atoms with Crippen LogP contribution in [-0.4, -0.2) is 23.2 Å². The van der Waals surface area contributed by atoms with Crippen molar-refractivity contribution < 1.29 is 14.6 Å². The monoisotopic (exact) mass is 181 g/mol. The Labute approximate surface area is 76.2 Å². The zero-order valence-electron chi connectivity index (χ0n) is 7.57. The van der Waals surface area contributed by atoms with Crippen LogP contribution in [0.5, 0.6) is 5.75 Å². The maximum Gasteiger partial charge on any atom is 0.310 e. The summed E-state index contributed by atoms with van der Waals surface area (Å²) in [4.78, 5) is 14.7. The average Bonchev–Trinajstić information content (AvgIpc) is 2.11. The second kappa shape index (κ2) is 3.89. The van der Waals surface area contributed by atoms with Gasteiger partial charge in [0.25, 0.3) is 0 Å². The molecule has 0 saturated carbocycles. The van der Waals surface area contributed by atoms with Gasteiger partial charge in [0, 0.05) is 11.8 Å². The van der Waals surface area contributed by atoms with Gasteiger partial charge >= 0.3 is 5.97 Å². The Bertz CT molecular complexity index is 302. The predicted molar refractivity (Wildman–Crippen MR) is 46.4 cm³/mol. The lowest BCUT2D eigenvalue weighted by Crippen LogP contribution is -2.06. The van der Waals surface area contributed by atoms with Crippen molar-refractivity contribution in [2.45, 2.75) is 13.3 Å². The van der Waals surface area contributed by atoms with Crippen molar-refractivity contribution >= 4 is 5.97 Å². The lowest BCUT2D eigenvalue weighted by Gasteiger charge is -2.05. The minimum atomic E-state index is -0.371. The van der Waals surface area contributed by atoms with Crippen LogP contribution in [0.1, 0.15) is 11.1 Å². The molecule has 0 aliphatic rings. The van der Waals surface area contributed by atoms with E-state index in [2.05, 4.69) is 9.72 Å². The van der Waals surface area contributed by atoms with E-state index in [-0.39, 0.29) is 18.1 Å². The van der Waals surface area contributed by atoms with Crippen LogP contribution in [0.25, 0.3) is 0 Å². The van der Waals surface area contributed by atoms with Gasteiger partial charge in [-0.05, 0) is 12.5 Å². The molecule has 0 aromatic carbocycles. The van der Waals surface area contributed by atoms with E-state index in [1.54, 1.807) is 13.1 Å². The van der Waals surface area contributed by atoms with Gasteiger partial charge in [-0.3, -0.25) is 9.78 Å². The second-order valence-corrected chi connectivity index (χ2v) is 2.71. The number of carbonyl (C=O) groups is 1. The van der Waals surface area contributed by atoms with Crippen LogP contribution in [-0.2, 0) is 16.0 Å². The molecule has 4 nitrogen and oxygen atoms in total. The maximum absolute atomic E-state index is 10.9. The molecule has 1 aromatic rings. The fourth-order valence-corrected chi connectivity index (χ4v) is 1.02. The Kier molecular flexibility index (Phi) is 2.84. The second-order valence-electron chi connectivity index (χ2n) is 2.71. The Morgan fingerprint density at radius 1 is 1.62 bits per heavy atom. The number of aromatic hydroxyl groups is 1. The smallest absolute Gasteiger partial charge is 0.310 e. The summed E-state index contributed by atoms with van der Waals surface area (Å²) in [6.07, 6.45) is 2.99. The molecule has 0 aliphatic heterocycles. The Morgan fingerprint density at radius 3 is 2.85 bits per heavy atom. The van der Waals surface area contributed by atoms with E-state index in [1.807, 2.05) is 0 Å². The first-order valence-corrected chi connectivity index (χ1v) is 3.84. The van der Waals surface area contributed by atoms with E-state index >= 15 is 0 Å². The molecule has 0 spiro atoms. The molecule has 0 unspecified atom stereocenters. The van der Waals surface area contributed by atoms with Crippen molar-refractivity contribution in [3.63, 3.8) is 0 Å². The maximum atomic E-state index is 10.9. The van der Waals surface area contributed by atoms with Gasteiger partial charge in [0.15, 0.2) is 0 Å². The normalized spacial score (nSPS) is 9.69. The van der Waals surface area contributed by atoms with Gasteiger partial charge in [-0.2, -0.15) is 0 Å². The van der Waals surface area contributed by atoms with Gasteiger partial charge in [-0.1, -0.05) is 0 Å². The first kappa shape index (κ1) is 9.51. The molecule has 0 fully saturated rings. The van der Waals surface area contributed by atoms with Crippen LogP contribution in [0.3, 0.4) is 0 Å². The van der Waals surface area contributed by atoms with Gasteiger partial charge in [0.2, 0.25) is 0 Å². The van der Waals surface area contributed by atoms with E-state index < -0.39 is 0 Å². The number of esters is 1. The number of aromatic nitrogens is 1. The van der Waals surface area contributed by atoms with E-state index in [0.29, 0.717) is 5.56 Å². The first-order chi connectivity index (χ1) is 6.15. The minimum Gasteiger partial charge on any atom is -0.506 e. The van der Waals surface area contributed by atoms with Crippen LogP contribution in [0.2, 0.25) is 0 Å². The number of hydrogen-bond acceptors (Lipinski definition) is 4. The summed E-state index contributed by atoms with van der Waals surface area (Å²) in [7, 11) is 1.32. The molecule has 70 valence electrons. The highest BCUT2D eigenvalue weighted by Gasteiger charge is 2.10. The predicted octanol–water partition coefficient (Wildman–Crippen LogP) is 0.811. The van der Waals surface area contributed by atoms with Crippen molar-refractivity contribution in [1.29, 1.82) is 0 Å². The Balaban J connectivity index is 2.93. The topological polar surface area (TPSA) is 59.4 Å². The summed E-state index contributed by atoms with van der Waals surface area (Å²) in [6, 6.07) is 0. The number of nitrogens with zero attached hydrogens (tertiary/aromatic N) is 1. The van der Waals surface area contributed by atoms with Crippen LogP contribution in [0.4, 0.5) is 0 Å². The summed E-state index contributed by atoms with van der Waals surface area (Å²) in [5.74, 6) is -0.338. The lowest BCUT2D eigenvalue weighted by molar-refractivity contribution is -0.139. The third-order valence-corrected chi connectivity index (χ3v) is 1.80. The molecule has 1 heterocycles. The van der Waals surface area contributed by atoms with E-state index in [0.717, 1.165) is 5.56 Å². The highest BCUT2D eigenvalue weighted by atomic mass is 16.5. The van der Waals surface area contributed by atoms with Crippen molar-refractivity contribution in [3.8, 4) is 5.75 Å². The quantitative estimate of drug-likeness (QED) is 0.686.